The molecule has 0 aromatic heterocycles. The van der Waals surface area contributed by atoms with Crippen LogP contribution in [0.15, 0.2) is 48.5 Å². The summed E-state index contributed by atoms with van der Waals surface area (Å²) in [5.74, 6) is 0. The minimum absolute atomic E-state index is 0.416. The predicted octanol–water partition coefficient (Wildman–Crippen LogP) is 3.32. The van der Waals surface area contributed by atoms with Gasteiger partial charge < -0.3 is 15.2 Å². The van der Waals surface area contributed by atoms with Crippen LogP contribution in [0.2, 0.25) is 0 Å². The molecular formula is C23H30N2O2. The normalized spacial score (nSPS) is 21.7. The Morgan fingerprint density at radius 3 is 2.07 bits per heavy atom. The molecular weight excluding hydrogens is 336 g/mol. The summed E-state index contributed by atoms with van der Waals surface area (Å²) in [6, 6.07) is 17.8. The highest BCUT2D eigenvalue weighted by Gasteiger charge is 2.30. The van der Waals surface area contributed by atoms with Crippen molar-refractivity contribution in [2.75, 3.05) is 39.4 Å². The van der Waals surface area contributed by atoms with Crippen LogP contribution in [0.5, 0.6) is 0 Å². The van der Waals surface area contributed by atoms with E-state index in [1.165, 1.54) is 16.7 Å². The van der Waals surface area contributed by atoms with Gasteiger partial charge in [0.05, 0.1) is 18.8 Å². The Hall–Kier alpha value is -1.72. The molecule has 2 aliphatic rings. The molecule has 0 radical (unpaired) electrons. The number of nitrogens with zero attached hydrogens (tertiary/aromatic N) is 1. The molecule has 144 valence electrons. The molecule has 2 N–H and O–H groups in total. The van der Waals surface area contributed by atoms with Crippen molar-refractivity contribution in [1.29, 1.82) is 0 Å². The predicted molar refractivity (Wildman–Crippen MR) is 109 cm³/mol. The average Bonchev–Trinajstić information content (AvgIpc) is 2.75. The number of rotatable bonds is 4. The fraction of sp³-hybridized carbons (Fsp3) is 0.478. The number of nitrogens with one attached hydrogen (secondary N) is 1. The quantitative estimate of drug-likeness (QED) is 0.871. The van der Waals surface area contributed by atoms with Crippen molar-refractivity contribution in [2.24, 2.45) is 0 Å². The molecule has 4 nitrogen and oxygen atoms in total. The molecule has 0 bridgehead atoms. The summed E-state index contributed by atoms with van der Waals surface area (Å²) in [5, 5.41) is 14.2. The Morgan fingerprint density at radius 2 is 1.48 bits per heavy atom. The van der Waals surface area contributed by atoms with Gasteiger partial charge in [0.1, 0.15) is 0 Å². The molecule has 4 heteroatoms. The number of piperidine rings is 1. The first-order valence-corrected chi connectivity index (χ1v) is 10.1. The van der Waals surface area contributed by atoms with Crippen LogP contribution in [0.1, 0.15) is 36.9 Å². The van der Waals surface area contributed by atoms with E-state index in [-0.39, 0.29) is 0 Å². The second kappa shape index (κ2) is 8.11. The maximum Gasteiger partial charge on any atom is 0.0920 e. The minimum atomic E-state index is -0.679. The summed E-state index contributed by atoms with van der Waals surface area (Å²) >= 11 is 0. The first kappa shape index (κ1) is 18.6. The van der Waals surface area contributed by atoms with Crippen molar-refractivity contribution in [3.63, 3.8) is 0 Å². The minimum Gasteiger partial charge on any atom is -0.385 e. The maximum absolute atomic E-state index is 10.9. The van der Waals surface area contributed by atoms with E-state index in [0.29, 0.717) is 6.04 Å². The summed E-state index contributed by atoms with van der Waals surface area (Å²) in [7, 11) is 0. The molecule has 0 unspecified atom stereocenters. The van der Waals surface area contributed by atoms with E-state index < -0.39 is 5.60 Å². The Labute approximate surface area is 162 Å². The molecule has 2 aromatic carbocycles. The maximum atomic E-state index is 10.9. The third kappa shape index (κ3) is 4.09. The number of morpholine rings is 1. The van der Waals surface area contributed by atoms with Crippen molar-refractivity contribution < 1.29 is 9.84 Å². The van der Waals surface area contributed by atoms with Crippen LogP contribution < -0.4 is 5.32 Å². The highest BCUT2D eigenvalue weighted by molar-refractivity contribution is 5.64. The average molecular weight is 367 g/mol. The SMILES string of the molecule is C[C@H](c1ccc(-c2ccc(C3(O)CCNCC3)cc2)cc1)N1CCOCC1. The second-order valence-corrected chi connectivity index (χ2v) is 7.81. The smallest absolute Gasteiger partial charge is 0.0920 e. The third-order valence-electron chi connectivity index (χ3n) is 6.17. The van der Waals surface area contributed by atoms with E-state index in [1.54, 1.807) is 0 Å². The number of ether oxygens (including phenoxy) is 1. The van der Waals surface area contributed by atoms with E-state index in [1.807, 2.05) is 0 Å². The van der Waals surface area contributed by atoms with Crippen LogP contribution in [0.4, 0.5) is 0 Å². The summed E-state index contributed by atoms with van der Waals surface area (Å²) in [6.07, 6.45) is 1.56. The Bertz CT molecular complexity index is 730. The molecule has 4 rings (SSSR count). The van der Waals surface area contributed by atoms with E-state index in [9.17, 15) is 5.11 Å². The van der Waals surface area contributed by atoms with Crippen molar-refractivity contribution >= 4 is 0 Å². The first-order chi connectivity index (χ1) is 13.2. The summed E-state index contributed by atoms with van der Waals surface area (Å²) in [4.78, 5) is 2.48. The Kier molecular flexibility index (Phi) is 5.60. The van der Waals surface area contributed by atoms with E-state index in [4.69, 9.17) is 4.74 Å². The zero-order valence-corrected chi connectivity index (χ0v) is 16.2. The molecule has 2 saturated heterocycles. The van der Waals surface area contributed by atoms with Crippen LogP contribution in [0.3, 0.4) is 0 Å². The number of benzene rings is 2. The highest BCUT2D eigenvalue weighted by Crippen LogP contribution is 2.32. The lowest BCUT2D eigenvalue weighted by molar-refractivity contribution is 0.00595. The molecule has 2 heterocycles. The fourth-order valence-corrected chi connectivity index (χ4v) is 4.23. The summed E-state index contributed by atoms with van der Waals surface area (Å²) in [6.45, 7) is 7.69. The van der Waals surface area contributed by atoms with Gasteiger partial charge in [-0.3, -0.25) is 4.90 Å². The van der Waals surface area contributed by atoms with Gasteiger partial charge in [-0.2, -0.15) is 0 Å². The lowest BCUT2D eigenvalue weighted by Gasteiger charge is -2.33. The first-order valence-electron chi connectivity index (χ1n) is 10.1. The van der Waals surface area contributed by atoms with Gasteiger partial charge in [-0.1, -0.05) is 48.5 Å². The molecule has 0 amide bonds. The third-order valence-corrected chi connectivity index (χ3v) is 6.17. The van der Waals surface area contributed by atoms with Crippen LogP contribution in [0, 0.1) is 0 Å². The molecule has 1 atom stereocenters. The van der Waals surface area contributed by atoms with Crippen molar-refractivity contribution in [1.82, 2.24) is 10.2 Å². The van der Waals surface area contributed by atoms with Crippen LogP contribution >= 0.6 is 0 Å². The fourth-order valence-electron chi connectivity index (χ4n) is 4.23. The van der Waals surface area contributed by atoms with Gasteiger partial charge in [0, 0.05) is 19.1 Å². The Morgan fingerprint density at radius 1 is 0.926 bits per heavy atom. The van der Waals surface area contributed by atoms with E-state index in [0.717, 1.165) is 57.8 Å². The molecule has 2 aliphatic heterocycles. The molecule has 0 aliphatic carbocycles. The largest absolute Gasteiger partial charge is 0.385 e. The van der Waals surface area contributed by atoms with E-state index in [2.05, 4.69) is 65.7 Å². The molecule has 0 spiro atoms. The lowest BCUT2D eigenvalue weighted by atomic mass is 9.84. The molecule has 2 fully saturated rings. The van der Waals surface area contributed by atoms with Crippen LogP contribution in [-0.4, -0.2) is 49.4 Å². The van der Waals surface area contributed by atoms with Crippen LogP contribution in [0.25, 0.3) is 11.1 Å². The van der Waals surface area contributed by atoms with Gasteiger partial charge in [-0.15, -0.1) is 0 Å². The van der Waals surface area contributed by atoms with Gasteiger partial charge in [-0.05, 0) is 55.1 Å². The topological polar surface area (TPSA) is 44.7 Å². The van der Waals surface area contributed by atoms with Gasteiger partial charge >= 0.3 is 0 Å². The van der Waals surface area contributed by atoms with Gasteiger partial charge in [0.2, 0.25) is 0 Å². The van der Waals surface area contributed by atoms with Gasteiger partial charge in [-0.25, -0.2) is 0 Å². The van der Waals surface area contributed by atoms with Crippen LogP contribution in [-0.2, 0) is 10.3 Å². The summed E-state index contributed by atoms with van der Waals surface area (Å²) in [5.41, 5.74) is 4.12. The zero-order valence-electron chi connectivity index (χ0n) is 16.2. The number of hydrogen-bond donors (Lipinski definition) is 2. The van der Waals surface area contributed by atoms with Crippen molar-refractivity contribution in [3.8, 4) is 11.1 Å². The number of hydrogen-bond acceptors (Lipinski definition) is 4. The monoisotopic (exact) mass is 366 g/mol. The van der Waals surface area contributed by atoms with Crippen molar-refractivity contribution in [3.05, 3.63) is 59.7 Å². The zero-order chi connectivity index (χ0) is 18.7. The van der Waals surface area contributed by atoms with Crippen molar-refractivity contribution in [2.45, 2.75) is 31.4 Å². The number of aliphatic hydroxyl groups is 1. The standard InChI is InChI=1S/C23H30N2O2/c1-18(25-14-16-27-17-15-25)19-2-4-20(5-3-19)21-6-8-22(9-7-21)23(26)10-12-24-13-11-23/h2-9,18,24,26H,10-17H2,1H3/t18-/m1/s1. The van der Waals surface area contributed by atoms with Gasteiger partial charge in [0.25, 0.3) is 0 Å². The molecule has 0 saturated carbocycles. The Balaban J connectivity index is 1.47. The highest BCUT2D eigenvalue weighted by atomic mass is 16.5. The summed E-state index contributed by atoms with van der Waals surface area (Å²) < 4.78 is 5.46. The lowest BCUT2D eigenvalue weighted by Crippen LogP contribution is -2.39. The molecule has 27 heavy (non-hydrogen) atoms. The van der Waals surface area contributed by atoms with E-state index >= 15 is 0 Å². The second-order valence-electron chi connectivity index (χ2n) is 7.81. The van der Waals surface area contributed by atoms with Gasteiger partial charge in [0.15, 0.2) is 0 Å². The molecule has 2 aromatic rings.